The van der Waals surface area contributed by atoms with Gasteiger partial charge in [-0.1, -0.05) is 13.8 Å². The summed E-state index contributed by atoms with van der Waals surface area (Å²) in [6.45, 7) is 6.76. The molecule has 0 aliphatic carbocycles. The molecule has 0 N–H and O–H groups in total. The lowest BCUT2D eigenvalue weighted by molar-refractivity contribution is 0.204. The second kappa shape index (κ2) is 6.50. The fourth-order valence-corrected chi connectivity index (χ4v) is 2.95. The maximum absolute atomic E-state index is 6.02. The second-order valence-electron chi connectivity index (χ2n) is 4.79. The number of rotatable bonds is 6. The van der Waals surface area contributed by atoms with E-state index in [-0.39, 0.29) is 0 Å². The zero-order valence-electron chi connectivity index (χ0n) is 11.4. The highest BCUT2D eigenvalue weighted by molar-refractivity contribution is 7.16. The molecule has 0 unspecified atom stereocenters. The average molecular weight is 300 g/mol. The van der Waals surface area contributed by atoms with E-state index in [1.807, 2.05) is 11.4 Å². The minimum atomic E-state index is 0.302. The predicted octanol–water partition coefficient (Wildman–Crippen LogP) is 3.45. The van der Waals surface area contributed by atoms with Crippen LogP contribution < -0.4 is 4.90 Å². The van der Waals surface area contributed by atoms with E-state index in [9.17, 15) is 0 Å². The molecule has 104 valence electrons. The van der Waals surface area contributed by atoms with Crippen LogP contribution in [0.5, 0.6) is 0 Å². The van der Waals surface area contributed by atoms with Crippen LogP contribution in [0.15, 0.2) is 11.4 Å². The summed E-state index contributed by atoms with van der Waals surface area (Å²) in [5, 5.41) is 3.38. The number of hydrogen-bond acceptors (Lipinski definition) is 5. The van der Waals surface area contributed by atoms with Crippen molar-refractivity contribution in [2.45, 2.75) is 13.8 Å². The number of methoxy groups -OCH3 is 1. The summed E-state index contributed by atoms with van der Waals surface area (Å²) >= 11 is 7.60. The Hall–Kier alpha value is -0.910. The third-order valence-corrected chi connectivity index (χ3v) is 3.70. The Morgan fingerprint density at radius 3 is 2.89 bits per heavy atom. The summed E-state index contributed by atoms with van der Waals surface area (Å²) in [4.78, 5) is 11.8. The number of nitrogens with zero attached hydrogens (tertiary/aromatic N) is 3. The van der Waals surface area contributed by atoms with Crippen molar-refractivity contribution in [2.24, 2.45) is 5.92 Å². The molecule has 0 radical (unpaired) electrons. The zero-order chi connectivity index (χ0) is 13.8. The van der Waals surface area contributed by atoms with Gasteiger partial charge in [-0.2, -0.15) is 4.98 Å². The third-order valence-electron chi connectivity index (χ3n) is 2.73. The Kier molecular flexibility index (Phi) is 4.96. The van der Waals surface area contributed by atoms with E-state index in [2.05, 4.69) is 28.7 Å². The number of anilines is 1. The van der Waals surface area contributed by atoms with Gasteiger partial charge in [0.1, 0.15) is 10.6 Å². The highest BCUT2D eigenvalue weighted by Gasteiger charge is 2.15. The maximum Gasteiger partial charge on any atom is 0.225 e. The third kappa shape index (κ3) is 3.55. The standard InChI is InChI=1S/C13H18ClN3OS/c1-9(2)8-17(5-6-18-3)11-10-4-7-19-12(10)16-13(14)15-11/h4,7,9H,5-6,8H2,1-3H3. The number of halogens is 1. The first kappa shape index (κ1) is 14.5. The molecule has 2 aromatic rings. The lowest BCUT2D eigenvalue weighted by atomic mass is 10.2. The van der Waals surface area contributed by atoms with Crippen molar-refractivity contribution in [3.05, 3.63) is 16.7 Å². The lowest BCUT2D eigenvalue weighted by Gasteiger charge is -2.25. The number of fused-ring (bicyclic) bond motifs is 1. The van der Waals surface area contributed by atoms with Gasteiger partial charge in [-0.05, 0) is 29.0 Å². The van der Waals surface area contributed by atoms with Crippen molar-refractivity contribution in [3.8, 4) is 0 Å². The molecule has 0 aromatic carbocycles. The van der Waals surface area contributed by atoms with Crippen molar-refractivity contribution >= 4 is 39.0 Å². The normalized spacial score (nSPS) is 11.4. The van der Waals surface area contributed by atoms with E-state index in [1.54, 1.807) is 18.4 Å². The number of thiophene rings is 1. The summed E-state index contributed by atoms with van der Waals surface area (Å²) in [6.07, 6.45) is 0. The van der Waals surface area contributed by atoms with Gasteiger partial charge in [0.05, 0.1) is 12.0 Å². The van der Waals surface area contributed by atoms with Gasteiger partial charge in [0, 0.05) is 20.2 Å². The molecule has 2 aromatic heterocycles. The minimum Gasteiger partial charge on any atom is -0.383 e. The molecule has 2 heterocycles. The Morgan fingerprint density at radius 2 is 2.21 bits per heavy atom. The van der Waals surface area contributed by atoms with Gasteiger partial charge in [-0.25, -0.2) is 4.98 Å². The van der Waals surface area contributed by atoms with Gasteiger partial charge in [-0.3, -0.25) is 0 Å². The minimum absolute atomic E-state index is 0.302. The van der Waals surface area contributed by atoms with Crippen molar-refractivity contribution in [2.75, 3.05) is 31.7 Å². The second-order valence-corrected chi connectivity index (χ2v) is 6.02. The zero-order valence-corrected chi connectivity index (χ0v) is 13.0. The summed E-state index contributed by atoms with van der Waals surface area (Å²) in [7, 11) is 1.71. The monoisotopic (exact) mass is 299 g/mol. The molecular weight excluding hydrogens is 282 g/mol. The molecule has 0 amide bonds. The largest absolute Gasteiger partial charge is 0.383 e. The molecule has 2 rings (SSSR count). The van der Waals surface area contributed by atoms with Crippen LogP contribution in [0.4, 0.5) is 5.82 Å². The van der Waals surface area contributed by atoms with E-state index in [0.29, 0.717) is 17.8 Å². The SMILES string of the molecule is COCCN(CC(C)C)c1nc(Cl)nc2sccc12. The van der Waals surface area contributed by atoms with Gasteiger partial charge in [0.2, 0.25) is 5.28 Å². The molecule has 0 spiro atoms. The van der Waals surface area contributed by atoms with Crippen molar-refractivity contribution in [1.82, 2.24) is 9.97 Å². The van der Waals surface area contributed by atoms with E-state index < -0.39 is 0 Å². The molecule has 6 heteroatoms. The molecule has 0 saturated carbocycles. The van der Waals surface area contributed by atoms with Gasteiger partial charge < -0.3 is 9.64 Å². The predicted molar refractivity (Wildman–Crippen MR) is 81.4 cm³/mol. The molecule has 4 nitrogen and oxygen atoms in total. The van der Waals surface area contributed by atoms with Crippen LogP contribution in [0, 0.1) is 5.92 Å². The summed E-state index contributed by atoms with van der Waals surface area (Å²) in [6, 6.07) is 2.05. The first-order valence-corrected chi connectivity index (χ1v) is 7.52. The van der Waals surface area contributed by atoms with Crippen LogP contribution in [0.1, 0.15) is 13.8 Å². The molecule has 0 aliphatic rings. The van der Waals surface area contributed by atoms with Gasteiger partial charge in [-0.15, -0.1) is 11.3 Å². The lowest BCUT2D eigenvalue weighted by Crippen LogP contribution is -2.31. The van der Waals surface area contributed by atoms with Crippen LogP contribution in [-0.2, 0) is 4.74 Å². The molecule has 0 fully saturated rings. The van der Waals surface area contributed by atoms with E-state index in [1.165, 1.54) is 0 Å². The van der Waals surface area contributed by atoms with Gasteiger partial charge in [0.25, 0.3) is 0 Å². The number of aromatic nitrogens is 2. The van der Waals surface area contributed by atoms with Crippen molar-refractivity contribution < 1.29 is 4.74 Å². The molecule has 0 saturated heterocycles. The first-order chi connectivity index (χ1) is 9.11. The number of hydrogen-bond donors (Lipinski definition) is 0. The Labute approximate surface area is 122 Å². The smallest absolute Gasteiger partial charge is 0.225 e. The highest BCUT2D eigenvalue weighted by Crippen LogP contribution is 2.29. The van der Waals surface area contributed by atoms with Gasteiger partial charge in [0.15, 0.2) is 0 Å². The maximum atomic E-state index is 6.02. The molecular formula is C13H18ClN3OS. The van der Waals surface area contributed by atoms with Crippen LogP contribution in [0.3, 0.4) is 0 Å². The van der Waals surface area contributed by atoms with Crippen LogP contribution in [0.25, 0.3) is 10.2 Å². The summed E-state index contributed by atoms with van der Waals surface area (Å²) < 4.78 is 5.18. The van der Waals surface area contributed by atoms with Crippen LogP contribution in [-0.4, -0.2) is 36.8 Å². The molecule has 0 atom stereocenters. The summed E-state index contributed by atoms with van der Waals surface area (Å²) in [5.74, 6) is 1.45. The summed E-state index contributed by atoms with van der Waals surface area (Å²) in [5.41, 5.74) is 0. The Morgan fingerprint density at radius 1 is 1.42 bits per heavy atom. The first-order valence-electron chi connectivity index (χ1n) is 6.26. The quantitative estimate of drug-likeness (QED) is 0.766. The van der Waals surface area contributed by atoms with E-state index in [4.69, 9.17) is 16.3 Å². The van der Waals surface area contributed by atoms with Crippen LogP contribution in [0.2, 0.25) is 5.28 Å². The topological polar surface area (TPSA) is 38.2 Å². The fraction of sp³-hybridized carbons (Fsp3) is 0.538. The molecule has 0 bridgehead atoms. The van der Waals surface area contributed by atoms with E-state index >= 15 is 0 Å². The highest BCUT2D eigenvalue weighted by atomic mass is 35.5. The molecule has 0 aliphatic heterocycles. The number of ether oxygens (including phenoxy) is 1. The van der Waals surface area contributed by atoms with Crippen molar-refractivity contribution in [3.63, 3.8) is 0 Å². The Bertz CT molecular complexity index is 544. The average Bonchev–Trinajstić information content (AvgIpc) is 2.80. The fourth-order valence-electron chi connectivity index (χ4n) is 1.98. The Balaban J connectivity index is 2.38. The van der Waals surface area contributed by atoms with Crippen LogP contribution >= 0.6 is 22.9 Å². The van der Waals surface area contributed by atoms with Gasteiger partial charge >= 0.3 is 0 Å². The van der Waals surface area contributed by atoms with E-state index in [0.717, 1.165) is 29.1 Å². The van der Waals surface area contributed by atoms with Crippen molar-refractivity contribution in [1.29, 1.82) is 0 Å². The molecule has 19 heavy (non-hydrogen) atoms.